The first-order chi connectivity index (χ1) is 7.70. The number of nitrogens with two attached hydrogens (primary N) is 1. The Hall–Kier alpha value is -1.75. The summed E-state index contributed by atoms with van der Waals surface area (Å²) in [5, 5.41) is 8.56. The Kier molecular flexibility index (Phi) is 4.60. The van der Waals surface area contributed by atoms with Gasteiger partial charge in [0, 0.05) is 13.0 Å². The van der Waals surface area contributed by atoms with E-state index in [4.69, 9.17) is 20.3 Å². The number of aliphatic hydroxyl groups excluding tert-OH is 1. The largest absolute Gasteiger partial charge is 0.494 e. The van der Waals surface area contributed by atoms with Crippen LogP contribution < -0.4 is 10.5 Å². The molecule has 0 aliphatic heterocycles. The average molecular weight is 225 g/mol. The molecule has 0 heterocycles. The van der Waals surface area contributed by atoms with Crippen molar-refractivity contribution in [3.63, 3.8) is 0 Å². The van der Waals surface area contributed by atoms with Crippen LogP contribution in [0.15, 0.2) is 18.2 Å². The number of aliphatic hydroxyl groups is 1. The second kappa shape index (κ2) is 5.97. The highest BCUT2D eigenvalue weighted by atomic mass is 16.5. The highest BCUT2D eigenvalue weighted by Gasteiger charge is 2.15. The molecule has 0 fully saturated rings. The third kappa shape index (κ3) is 2.87. The van der Waals surface area contributed by atoms with Crippen molar-refractivity contribution >= 4 is 11.7 Å². The van der Waals surface area contributed by atoms with Gasteiger partial charge in [0.05, 0.1) is 19.4 Å². The monoisotopic (exact) mass is 225 g/mol. The third-order valence-electron chi connectivity index (χ3n) is 2.01. The summed E-state index contributed by atoms with van der Waals surface area (Å²) in [5.74, 6) is -0.186. The van der Waals surface area contributed by atoms with E-state index in [1.54, 1.807) is 18.2 Å². The third-order valence-corrected chi connectivity index (χ3v) is 2.01. The summed E-state index contributed by atoms with van der Waals surface area (Å²) in [6.45, 7) is 0.161. The number of methoxy groups -OCH3 is 1. The van der Waals surface area contributed by atoms with Gasteiger partial charge in [-0.15, -0.1) is 0 Å². The quantitative estimate of drug-likeness (QED) is 0.440. The molecule has 0 saturated heterocycles. The zero-order valence-corrected chi connectivity index (χ0v) is 9.10. The molecule has 0 unspecified atom stereocenters. The van der Waals surface area contributed by atoms with Crippen molar-refractivity contribution in [1.29, 1.82) is 0 Å². The normalized spacial score (nSPS) is 9.88. The Morgan fingerprint density at radius 1 is 1.50 bits per heavy atom. The lowest BCUT2D eigenvalue weighted by Crippen LogP contribution is -2.10. The maximum Gasteiger partial charge on any atom is 0.342 e. The van der Waals surface area contributed by atoms with Crippen molar-refractivity contribution in [1.82, 2.24) is 0 Å². The Balaban J connectivity index is 2.78. The lowest BCUT2D eigenvalue weighted by Gasteiger charge is -2.10. The van der Waals surface area contributed by atoms with E-state index in [2.05, 4.69) is 0 Å². The van der Waals surface area contributed by atoms with Crippen molar-refractivity contribution in [2.45, 2.75) is 6.42 Å². The van der Waals surface area contributed by atoms with Gasteiger partial charge in [-0.3, -0.25) is 0 Å². The zero-order valence-electron chi connectivity index (χ0n) is 9.10. The van der Waals surface area contributed by atoms with Crippen molar-refractivity contribution in [3.05, 3.63) is 23.8 Å². The standard InChI is InChI=1S/C11H15NO4/c1-15-10-8(4-2-5-9(10)12)11(14)16-7-3-6-13/h2,4-5,13H,3,6-7,12H2,1H3. The van der Waals surface area contributed by atoms with Crippen LogP contribution in [0, 0.1) is 0 Å². The number of benzene rings is 1. The number of hydrogen-bond donors (Lipinski definition) is 2. The molecule has 0 radical (unpaired) electrons. The first-order valence-electron chi connectivity index (χ1n) is 4.91. The molecule has 0 aliphatic rings. The van der Waals surface area contributed by atoms with Crippen molar-refractivity contribution < 1.29 is 19.4 Å². The lowest BCUT2D eigenvalue weighted by molar-refractivity contribution is 0.0478. The molecule has 0 aliphatic carbocycles. The molecule has 1 aromatic carbocycles. The Bertz CT molecular complexity index is 365. The SMILES string of the molecule is COc1c(N)cccc1C(=O)OCCCO. The molecule has 0 spiro atoms. The average Bonchev–Trinajstić information content (AvgIpc) is 2.29. The van der Waals surface area contributed by atoms with Crippen LogP contribution in [0.2, 0.25) is 0 Å². The number of nitrogen functional groups attached to an aromatic ring is 1. The van der Waals surface area contributed by atoms with Crippen LogP contribution >= 0.6 is 0 Å². The number of carbonyl (C=O) groups is 1. The molecule has 5 heteroatoms. The van der Waals surface area contributed by atoms with E-state index in [-0.39, 0.29) is 13.2 Å². The van der Waals surface area contributed by atoms with Crippen molar-refractivity contribution in [3.8, 4) is 5.75 Å². The summed E-state index contributed by atoms with van der Waals surface area (Å²) in [6, 6.07) is 4.88. The van der Waals surface area contributed by atoms with Gasteiger partial charge in [-0.2, -0.15) is 0 Å². The van der Waals surface area contributed by atoms with Gasteiger partial charge in [-0.25, -0.2) is 4.79 Å². The minimum absolute atomic E-state index is 0.0126. The van der Waals surface area contributed by atoms with E-state index in [1.165, 1.54) is 7.11 Å². The first-order valence-corrected chi connectivity index (χ1v) is 4.91. The fourth-order valence-corrected chi connectivity index (χ4v) is 1.25. The van der Waals surface area contributed by atoms with E-state index in [0.717, 1.165) is 0 Å². The molecule has 16 heavy (non-hydrogen) atoms. The van der Waals surface area contributed by atoms with Gasteiger partial charge in [0.2, 0.25) is 0 Å². The maximum absolute atomic E-state index is 11.6. The first kappa shape index (κ1) is 12.3. The second-order valence-corrected chi connectivity index (χ2v) is 3.14. The summed E-state index contributed by atoms with van der Waals surface area (Å²) in [7, 11) is 1.44. The molecule has 0 amide bonds. The van der Waals surface area contributed by atoms with Crippen molar-refractivity contribution in [2.75, 3.05) is 26.1 Å². The van der Waals surface area contributed by atoms with E-state index < -0.39 is 5.97 Å². The Labute approximate surface area is 93.8 Å². The summed E-state index contributed by atoms with van der Waals surface area (Å²) >= 11 is 0. The van der Waals surface area contributed by atoms with Gasteiger partial charge in [-0.05, 0) is 12.1 Å². The van der Waals surface area contributed by atoms with Crippen LogP contribution in [0.4, 0.5) is 5.69 Å². The van der Waals surface area contributed by atoms with E-state index in [0.29, 0.717) is 23.4 Å². The number of hydrogen-bond acceptors (Lipinski definition) is 5. The van der Waals surface area contributed by atoms with Gasteiger partial charge in [0.1, 0.15) is 5.56 Å². The van der Waals surface area contributed by atoms with Gasteiger partial charge >= 0.3 is 5.97 Å². The number of carbonyl (C=O) groups excluding carboxylic acids is 1. The molecule has 1 rings (SSSR count). The van der Waals surface area contributed by atoms with Crippen LogP contribution in [-0.2, 0) is 4.74 Å². The highest BCUT2D eigenvalue weighted by molar-refractivity contribution is 5.94. The van der Waals surface area contributed by atoms with E-state index in [1.807, 2.05) is 0 Å². The molecule has 88 valence electrons. The minimum Gasteiger partial charge on any atom is -0.494 e. The molecule has 0 bridgehead atoms. The van der Waals surface area contributed by atoms with Gasteiger partial charge in [-0.1, -0.05) is 6.07 Å². The molecule has 0 atom stereocenters. The van der Waals surface area contributed by atoms with Crippen LogP contribution in [0.1, 0.15) is 16.8 Å². The molecule has 0 aromatic heterocycles. The molecule has 0 saturated carbocycles. The lowest BCUT2D eigenvalue weighted by atomic mass is 10.2. The molecular weight excluding hydrogens is 210 g/mol. The van der Waals surface area contributed by atoms with Gasteiger partial charge < -0.3 is 20.3 Å². The summed E-state index contributed by atoms with van der Waals surface area (Å²) in [5.41, 5.74) is 6.33. The zero-order chi connectivity index (χ0) is 12.0. The maximum atomic E-state index is 11.6. The molecular formula is C11H15NO4. The van der Waals surface area contributed by atoms with E-state index in [9.17, 15) is 4.79 Å². The Morgan fingerprint density at radius 3 is 2.88 bits per heavy atom. The van der Waals surface area contributed by atoms with E-state index >= 15 is 0 Å². The number of ether oxygens (including phenoxy) is 2. The highest BCUT2D eigenvalue weighted by Crippen LogP contribution is 2.26. The number of rotatable bonds is 5. The Morgan fingerprint density at radius 2 is 2.25 bits per heavy atom. The number of anilines is 1. The van der Waals surface area contributed by atoms with Gasteiger partial charge in [0.25, 0.3) is 0 Å². The molecule has 3 N–H and O–H groups in total. The van der Waals surface area contributed by atoms with Crippen LogP contribution in [0.3, 0.4) is 0 Å². The van der Waals surface area contributed by atoms with Crippen LogP contribution in [0.25, 0.3) is 0 Å². The topological polar surface area (TPSA) is 81.8 Å². The predicted molar refractivity (Wildman–Crippen MR) is 59.4 cm³/mol. The van der Waals surface area contributed by atoms with Crippen molar-refractivity contribution in [2.24, 2.45) is 0 Å². The second-order valence-electron chi connectivity index (χ2n) is 3.14. The summed E-state index contributed by atoms with van der Waals surface area (Å²) in [6.07, 6.45) is 0.413. The summed E-state index contributed by atoms with van der Waals surface area (Å²) < 4.78 is 9.96. The molecule has 1 aromatic rings. The smallest absolute Gasteiger partial charge is 0.342 e. The number of para-hydroxylation sites is 1. The molecule has 5 nitrogen and oxygen atoms in total. The van der Waals surface area contributed by atoms with Crippen LogP contribution in [-0.4, -0.2) is 31.4 Å². The fraction of sp³-hybridized carbons (Fsp3) is 0.364. The minimum atomic E-state index is -0.502. The number of esters is 1. The summed E-state index contributed by atoms with van der Waals surface area (Å²) in [4.78, 5) is 11.6. The van der Waals surface area contributed by atoms with Gasteiger partial charge in [0.15, 0.2) is 5.75 Å². The van der Waals surface area contributed by atoms with Crippen LogP contribution in [0.5, 0.6) is 5.75 Å². The fourth-order valence-electron chi connectivity index (χ4n) is 1.25. The predicted octanol–water partition coefficient (Wildman–Crippen LogP) is 0.817.